The Kier molecular flexibility index (Phi) is 5.18. The summed E-state index contributed by atoms with van der Waals surface area (Å²) in [5, 5.41) is 0. The Morgan fingerprint density at radius 2 is 1.96 bits per heavy atom. The molecular formula is C16H25NO5S. The molecule has 1 aliphatic carbocycles. The zero-order valence-electron chi connectivity index (χ0n) is 14.0. The lowest BCUT2D eigenvalue weighted by Gasteiger charge is -2.36. The minimum absolute atomic E-state index is 0.0441. The lowest BCUT2D eigenvalue weighted by molar-refractivity contribution is -0.163. The quantitative estimate of drug-likeness (QED) is 0.709. The number of esters is 1. The predicted molar refractivity (Wildman–Crippen MR) is 86.6 cm³/mol. The Labute approximate surface area is 137 Å². The van der Waals surface area contributed by atoms with Gasteiger partial charge in [-0.05, 0) is 46.5 Å². The number of hydrogen-bond donors (Lipinski definition) is 0. The Balaban J connectivity index is 2.22. The number of sulfone groups is 1. The number of nitrogens with zero attached hydrogens (tertiary/aromatic N) is 1. The van der Waals surface area contributed by atoms with Crippen LogP contribution in [0.4, 0.5) is 0 Å². The third-order valence-electron chi connectivity index (χ3n) is 3.94. The molecule has 0 aromatic carbocycles. The first-order chi connectivity index (χ1) is 10.6. The summed E-state index contributed by atoms with van der Waals surface area (Å²) in [5.74, 6) is -1.34. The molecule has 0 aromatic heterocycles. The van der Waals surface area contributed by atoms with E-state index in [-0.39, 0.29) is 24.0 Å². The first-order valence-electron chi connectivity index (χ1n) is 8.02. The molecule has 1 amide bonds. The van der Waals surface area contributed by atoms with E-state index >= 15 is 0 Å². The number of allylic oxidation sites excluding steroid dienone is 1. The molecule has 0 radical (unpaired) electrons. The first-order valence-corrected chi connectivity index (χ1v) is 9.84. The maximum atomic E-state index is 12.7. The van der Waals surface area contributed by atoms with E-state index in [0.717, 1.165) is 19.3 Å². The van der Waals surface area contributed by atoms with E-state index in [2.05, 4.69) is 0 Å². The van der Waals surface area contributed by atoms with Crippen LogP contribution in [-0.2, 0) is 24.2 Å². The van der Waals surface area contributed by atoms with E-state index in [0.29, 0.717) is 12.0 Å². The van der Waals surface area contributed by atoms with Gasteiger partial charge in [0.05, 0.1) is 11.5 Å². The van der Waals surface area contributed by atoms with Gasteiger partial charge in [-0.2, -0.15) is 0 Å². The number of amides is 1. The van der Waals surface area contributed by atoms with Crippen LogP contribution in [-0.4, -0.2) is 54.9 Å². The van der Waals surface area contributed by atoms with Gasteiger partial charge in [0.2, 0.25) is 5.91 Å². The standard InChI is InChI=1S/C16H25NO5S/c1-16(2,3)22-15(19)13-11-23(20,21)10-9-17(13)14(18)12-7-5-4-6-8-12/h7,13H,4-6,8-11H2,1-3H3. The van der Waals surface area contributed by atoms with E-state index < -0.39 is 27.4 Å². The molecule has 130 valence electrons. The van der Waals surface area contributed by atoms with Crippen molar-refractivity contribution in [3.8, 4) is 0 Å². The lowest BCUT2D eigenvalue weighted by Crippen LogP contribution is -2.56. The van der Waals surface area contributed by atoms with Crippen LogP contribution in [0.15, 0.2) is 11.6 Å². The van der Waals surface area contributed by atoms with E-state index in [1.165, 1.54) is 4.90 Å². The van der Waals surface area contributed by atoms with Crippen molar-refractivity contribution in [3.63, 3.8) is 0 Å². The molecule has 0 aromatic rings. The van der Waals surface area contributed by atoms with Crippen molar-refractivity contribution in [1.29, 1.82) is 0 Å². The third kappa shape index (κ3) is 4.80. The van der Waals surface area contributed by atoms with Gasteiger partial charge in [-0.25, -0.2) is 13.2 Å². The number of ether oxygens (including phenoxy) is 1. The van der Waals surface area contributed by atoms with Gasteiger partial charge in [-0.1, -0.05) is 6.08 Å². The number of carbonyl (C=O) groups is 2. The summed E-state index contributed by atoms with van der Waals surface area (Å²) in [6, 6.07) is -1.05. The molecule has 7 heteroatoms. The molecule has 2 rings (SSSR count). The zero-order valence-corrected chi connectivity index (χ0v) is 14.8. The zero-order chi connectivity index (χ0) is 17.3. The highest BCUT2D eigenvalue weighted by Gasteiger charge is 2.41. The fraction of sp³-hybridized carbons (Fsp3) is 0.750. The molecule has 23 heavy (non-hydrogen) atoms. The van der Waals surface area contributed by atoms with Gasteiger partial charge in [0.25, 0.3) is 0 Å². The van der Waals surface area contributed by atoms with Crippen LogP contribution in [0.5, 0.6) is 0 Å². The highest BCUT2D eigenvalue weighted by molar-refractivity contribution is 7.91. The summed E-state index contributed by atoms with van der Waals surface area (Å²) in [4.78, 5) is 26.5. The average molecular weight is 343 g/mol. The van der Waals surface area contributed by atoms with Gasteiger partial charge in [0, 0.05) is 12.1 Å². The monoisotopic (exact) mass is 343 g/mol. The average Bonchev–Trinajstić information content (AvgIpc) is 2.45. The van der Waals surface area contributed by atoms with Crippen molar-refractivity contribution in [2.75, 3.05) is 18.1 Å². The molecule has 1 unspecified atom stereocenters. The van der Waals surface area contributed by atoms with Crippen molar-refractivity contribution in [1.82, 2.24) is 4.90 Å². The molecule has 1 saturated heterocycles. The molecule has 0 saturated carbocycles. The number of rotatable bonds is 2. The van der Waals surface area contributed by atoms with Gasteiger partial charge in [-0.3, -0.25) is 4.79 Å². The van der Waals surface area contributed by atoms with E-state index in [9.17, 15) is 18.0 Å². The second-order valence-corrected chi connectivity index (χ2v) is 9.37. The van der Waals surface area contributed by atoms with Crippen LogP contribution >= 0.6 is 0 Å². The van der Waals surface area contributed by atoms with Crippen LogP contribution in [0.2, 0.25) is 0 Å². The number of hydrogen-bond acceptors (Lipinski definition) is 5. The van der Waals surface area contributed by atoms with Crippen LogP contribution in [0.1, 0.15) is 46.5 Å². The highest BCUT2D eigenvalue weighted by Crippen LogP contribution is 2.24. The summed E-state index contributed by atoms with van der Waals surface area (Å²) < 4.78 is 29.2. The summed E-state index contributed by atoms with van der Waals surface area (Å²) >= 11 is 0. The SMILES string of the molecule is CC(C)(C)OC(=O)C1CS(=O)(=O)CCN1C(=O)C1=CCCCC1. The summed E-state index contributed by atoms with van der Waals surface area (Å²) in [5.41, 5.74) is -0.0407. The molecule has 0 spiro atoms. The minimum Gasteiger partial charge on any atom is -0.458 e. The highest BCUT2D eigenvalue weighted by atomic mass is 32.2. The molecule has 0 N–H and O–H groups in total. The lowest BCUT2D eigenvalue weighted by atomic mass is 9.98. The van der Waals surface area contributed by atoms with Gasteiger partial charge < -0.3 is 9.64 Å². The van der Waals surface area contributed by atoms with E-state index in [4.69, 9.17) is 4.74 Å². The Morgan fingerprint density at radius 3 is 2.52 bits per heavy atom. The van der Waals surface area contributed by atoms with Crippen molar-refractivity contribution < 1.29 is 22.7 Å². The number of carbonyl (C=O) groups excluding carboxylic acids is 2. The fourth-order valence-corrected chi connectivity index (χ4v) is 4.27. The van der Waals surface area contributed by atoms with Crippen molar-refractivity contribution in [2.24, 2.45) is 0 Å². The van der Waals surface area contributed by atoms with E-state index in [1.54, 1.807) is 20.8 Å². The second-order valence-electron chi connectivity index (χ2n) is 7.14. The predicted octanol–water partition coefficient (Wildman–Crippen LogP) is 1.45. The maximum Gasteiger partial charge on any atom is 0.330 e. The Bertz CT molecular complexity index is 615. The van der Waals surface area contributed by atoms with Crippen molar-refractivity contribution >= 4 is 21.7 Å². The van der Waals surface area contributed by atoms with Crippen LogP contribution in [0.25, 0.3) is 0 Å². The van der Waals surface area contributed by atoms with Gasteiger partial charge >= 0.3 is 5.97 Å². The van der Waals surface area contributed by atoms with Gasteiger partial charge in [0.15, 0.2) is 9.84 Å². The van der Waals surface area contributed by atoms with Crippen LogP contribution < -0.4 is 0 Å². The Hall–Kier alpha value is -1.37. The third-order valence-corrected chi connectivity index (χ3v) is 5.56. The smallest absolute Gasteiger partial charge is 0.330 e. The molecule has 1 heterocycles. The van der Waals surface area contributed by atoms with Crippen molar-refractivity contribution in [3.05, 3.63) is 11.6 Å². The molecule has 0 bridgehead atoms. The molecular weight excluding hydrogens is 318 g/mol. The molecule has 2 aliphatic rings. The second kappa shape index (κ2) is 6.63. The minimum atomic E-state index is -3.34. The topological polar surface area (TPSA) is 80.8 Å². The first kappa shape index (κ1) is 18.0. The van der Waals surface area contributed by atoms with Gasteiger partial charge in [0.1, 0.15) is 11.6 Å². The normalized spacial score (nSPS) is 24.7. The molecule has 1 atom stereocenters. The molecule has 6 nitrogen and oxygen atoms in total. The fourth-order valence-electron chi connectivity index (χ4n) is 2.83. The molecule has 1 aliphatic heterocycles. The summed E-state index contributed by atoms with van der Waals surface area (Å²) in [7, 11) is -3.34. The van der Waals surface area contributed by atoms with Gasteiger partial charge in [-0.15, -0.1) is 0 Å². The van der Waals surface area contributed by atoms with Crippen molar-refractivity contribution in [2.45, 2.75) is 58.1 Å². The maximum absolute atomic E-state index is 12.7. The summed E-state index contributed by atoms with van der Waals surface area (Å²) in [6.07, 6.45) is 5.44. The van der Waals surface area contributed by atoms with Crippen LogP contribution in [0.3, 0.4) is 0 Å². The largest absolute Gasteiger partial charge is 0.458 e. The Morgan fingerprint density at radius 1 is 1.26 bits per heavy atom. The summed E-state index contributed by atoms with van der Waals surface area (Å²) in [6.45, 7) is 5.20. The van der Waals surface area contributed by atoms with E-state index in [1.807, 2.05) is 6.08 Å². The van der Waals surface area contributed by atoms with Crippen LogP contribution in [0, 0.1) is 0 Å². The molecule has 1 fully saturated rings.